The predicted octanol–water partition coefficient (Wildman–Crippen LogP) is 0.767. The van der Waals surface area contributed by atoms with Crippen LogP contribution in [0.2, 0.25) is 0 Å². The highest BCUT2D eigenvalue weighted by Gasteiger charge is 2.28. The lowest BCUT2D eigenvalue weighted by molar-refractivity contribution is -0.140. The van der Waals surface area contributed by atoms with Gasteiger partial charge in [0.15, 0.2) is 0 Å². The number of sulfonamides is 1. The lowest BCUT2D eigenvalue weighted by Gasteiger charge is -2.22. The molecule has 0 aliphatic heterocycles. The van der Waals surface area contributed by atoms with E-state index < -0.39 is 22.0 Å². The molecule has 0 heterocycles. The van der Waals surface area contributed by atoms with Crippen molar-refractivity contribution < 1.29 is 18.3 Å². The van der Waals surface area contributed by atoms with Gasteiger partial charge >= 0.3 is 5.97 Å². The van der Waals surface area contributed by atoms with Gasteiger partial charge in [0.1, 0.15) is 6.04 Å². The van der Waals surface area contributed by atoms with E-state index in [9.17, 15) is 13.2 Å². The molecule has 0 fully saturated rings. The molecule has 0 aromatic heterocycles. The molecule has 2 atom stereocenters. The standard InChI is InChI=1S/C9H19NO4S/c1-5-7(2)6-15(13,14)10(4)8(3)9(11)12/h7-8H,5-6H2,1-4H3,(H,11,12). The van der Waals surface area contributed by atoms with Crippen LogP contribution in [0, 0.1) is 5.92 Å². The van der Waals surface area contributed by atoms with E-state index >= 15 is 0 Å². The number of carboxylic acids is 1. The van der Waals surface area contributed by atoms with Crippen molar-refractivity contribution in [2.75, 3.05) is 12.8 Å². The number of hydrogen-bond acceptors (Lipinski definition) is 3. The van der Waals surface area contributed by atoms with Crippen molar-refractivity contribution in [1.29, 1.82) is 0 Å². The highest BCUT2D eigenvalue weighted by molar-refractivity contribution is 7.89. The second-order valence-electron chi connectivity index (χ2n) is 3.82. The summed E-state index contributed by atoms with van der Waals surface area (Å²) in [6.45, 7) is 5.09. The summed E-state index contributed by atoms with van der Waals surface area (Å²) in [5, 5.41) is 8.70. The molecule has 0 aliphatic carbocycles. The van der Waals surface area contributed by atoms with Gasteiger partial charge in [-0.3, -0.25) is 4.79 Å². The first-order valence-electron chi connectivity index (χ1n) is 4.90. The van der Waals surface area contributed by atoms with Crippen LogP contribution >= 0.6 is 0 Å². The molecule has 90 valence electrons. The number of aliphatic carboxylic acids is 1. The van der Waals surface area contributed by atoms with E-state index in [1.165, 1.54) is 14.0 Å². The molecular weight excluding hydrogens is 218 g/mol. The zero-order chi connectivity index (χ0) is 12.2. The quantitative estimate of drug-likeness (QED) is 0.740. The maximum absolute atomic E-state index is 11.7. The summed E-state index contributed by atoms with van der Waals surface area (Å²) in [4.78, 5) is 10.6. The van der Waals surface area contributed by atoms with Gasteiger partial charge in [-0.05, 0) is 12.8 Å². The van der Waals surface area contributed by atoms with Gasteiger partial charge in [0.05, 0.1) is 5.75 Å². The largest absolute Gasteiger partial charge is 0.480 e. The summed E-state index contributed by atoms with van der Waals surface area (Å²) >= 11 is 0. The maximum Gasteiger partial charge on any atom is 0.321 e. The Kier molecular flexibility index (Phi) is 5.23. The van der Waals surface area contributed by atoms with E-state index in [1.807, 2.05) is 13.8 Å². The molecule has 0 radical (unpaired) electrons. The van der Waals surface area contributed by atoms with Gasteiger partial charge in [0.2, 0.25) is 10.0 Å². The minimum Gasteiger partial charge on any atom is -0.480 e. The Labute approximate surface area is 91.1 Å². The molecule has 2 unspecified atom stereocenters. The summed E-state index contributed by atoms with van der Waals surface area (Å²) in [7, 11) is -2.16. The Morgan fingerprint density at radius 2 is 1.87 bits per heavy atom. The molecule has 1 N–H and O–H groups in total. The van der Waals surface area contributed by atoms with Crippen LogP contribution in [0.15, 0.2) is 0 Å². The predicted molar refractivity (Wildman–Crippen MR) is 58.1 cm³/mol. The average molecular weight is 237 g/mol. The molecule has 0 spiro atoms. The molecule has 0 aromatic rings. The Balaban J connectivity index is 4.66. The van der Waals surface area contributed by atoms with Crippen LogP contribution in [0.3, 0.4) is 0 Å². The molecule has 0 aliphatic rings. The Morgan fingerprint density at radius 3 is 2.20 bits per heavy atom. The first kappa shape index (κ1) is 14.4. The third kappa shape index (κ3) is 4.17. The molecular formula is C9H19NO4S. The van der Waals surface area contributed by atoms with E-state index in [0.717, 1.165) is 10.7 Å². The highest BCUT2D eigenvalue weighted by atomic mass is 32.2. The number of likely N-dealkylation sites (N-methyl/N-ethyl adjacent to an activating group) is 1. The Morgan fingerprint density at radius 1 is 1.40 bits per heavy atom. The lowest BCUT2D eigenvalue weighted by Crippen LogP contribution is -2.42. The molecule has 6 heteroatoms. The first-order chi connectivity index (χ1) is 6.72. The molecule has 15 heavy (non-hydrogen) atoms. The van der Waals surface area contributed by atoms with E-state index in [1.54, 1.807) is 0 Å². The van der Waals surface area contributed by atoms with E-state index in [-0.39, 0.29) is 11.7 Å². The van der Waals surface area contributed by atoms with E-state index in [4.69, 9.17) is 5.11 Å². The van der Waals surface area contributed by atoms with Gasteiger partial charge in [0.25, 0.3) is 0 Å². The fraction of sp³-hybridized carbons (Fsp3) is 0.889. The molecule has 0 bridgehead atoms. The van der Waals surface area contributed by atoms with Gasteiger partial charge in [-0.25, -0.2) is 8.42 Å². The van der Waals surface area contributed by atoms with Crippen LogP contribution in [-0.4, -0.2) is 42.6 Å². The molecule has 0 rings (SSSR count). The number of hydrogen-bond donors (Lipinski definition) is 1. The number of nitrogens with zero attached hydrogens (tertiary/aromatic N) is 1. The van der Waals surface area contributed by atoms with Crippen LogP contribution in [0.25, 0.3) is 0 Å². The monoisotopic (exact) mass is 237 g/mol. The normalized spacial score (nSPS) is 16.3. The first-order valence-corrected chi connectivity index (χ1v) is 6.51. The minimum absolute atomic E-state index is 0.00236. The van der Waals surface area contributed by atoms with Crippen molar-refractivity contribution >= 4 is 16.0 Å². The third-order valence-corrected chi connectivity index (χ3v) is 4.72. The van der Waals surface area contributed by atoms with E-state index in [0.29, 0.717) is 0 Å². The Bertz CT molecular complexity index is 312. The summed E-state index contributed by atoms with van der Waals surface area (Å²) in [6.07, 6.45) is 0.758. The summed E-state index contributed by atoms with van der Waals surface area (Å²) in [5.41, 5.74) is 0. The molecule has 0 aromatic carbocycles. The maximum atomic E-state index is 11.7. The van der Waals surface area contributed by atoms with Crippen LogP contribution in [-0.2, 0) is 14.8 Å². The fourth-order valence-electron chi connectivity index (χ4n) is 0.991. The average Bonchev–Trinajstić information content (AvgIpc) is 2.14. The zero-order valence-electron chi connectivity index (χ0n) is 9.60. The second kappa shape index (κ2) is 5.46. The number of carbonyl (C=O) groups is 1. The van der Waals surface area contributed by atoms with Crippen molar-refractivity contribution in [3.63, 3.8) is 0 Å². The van der Waals surface area contributed by atoms with Crippen LogP contribution in [0.1, 0.15) is 27.2 Å². The Hall–Kier alpha value is -0.620. The van der Waals surface area contributed by atoms with Crippen molar-refractivity contribution in [3.8, 4) is 0 Å². The summed E-state index contributed by atoms with van der Waals surface area (Å²) in [5.74, 6) is -1.10. The molecule has 0 saturated carbocycles. The van der Waals surface area contributed by atoms with Crippen LogP contribution in [0.5, 0.6) is 0 Å². The SMILES string of the molecule is CCC(C)CS(=O)(=O)N(C)C(C)C(=O)O. The molecule has 5 nitrogen and oxygen atoms in total. The topological polar surface area (TPSA) is 74.7 Å². The third-order valence-electron chi connectivity index (χ3n) is 2.53. The molecule has 0 amide bonds. The zero-order valence-corrected chi connectivity index (χ0v) is 10.4. The van der Waals surface area contributed by atoms with Crippen molar-refractivity contribution in [3.05, 3.63) is 0 Å². The highest BCUT2D eigenvalue weighted by Crippen LogP contribution is 2.11. The van der Waals surface area contributed by atoms with Gasteiger partial charge in [0, 0.05) is 7.05 Å². The minimum atomic E-state index is -3.46. The number of carboxylic acid groups (broad SMARTS) is 1. The van der Waals surface area contributed by atoms with Crippen molar-refractivity contribution in [2.24, 2.45) is 5.92 Å². The van der Waals surface area contributed by atoms with Gasteiger partial charge in [-0.2, -0.15) is 4.31 Å². The van der Waals surface area contributed by atoms with Gasteiger partial charge < -0.3 is 5.11 Å². The smallest absolute Gasteiger partial charge is 0.321 e. The second-order valence-corrected chi connectivity index (χ2v) is 5.90. The van der Waals surface area contributed by atoms with Crippen molar-refractivity contribution in [1.82, 2.24) is 4.31 Å². The summed E-state index contributed by atoms with van der Waals surface area (Å²) < 4.78 is 24.3. The van der Waals surface area contributed by atoms with E-state index in [2.05, 4.69) is 0 Å². The van der Waals surface area contributed by atoms with Crippen molar-refractivity contribution in [2.45, 2.75) is 33.2 Å². The molecule has 0 saturated heterocycles. The van der Waals surface area contributed by atoms with Crippen LogP contribution in [0.4, 0.5) is 0 Å². The fourth-order valence-corrected chi connectivity index (χ4v) is 2.75. The summed E-state index contributed by atoms with van der Waals surface area (Å²) in [6, 6.07) is -1.01. The number of rotatable bonds is 6. The van der Waals surface area contributed by atoms with Gasteiger partial charge in [-0.1, -0.05) is 20.3 Å². The lowest BCUT2D eigenvalue weighted by atomic mass is 10.2. The van der Waals surface area contributed by atoms with Gasteiger partial charge in [-0.15, -0.1) is 0 Å². The van der Waals surface area contributed by atoms with Crippen LogP contribution < -0.4 is 0 Å².